The van der Waals surface area contributed by atoms with Crippen LogP contribution in [0.4, 0.5) is 10.8 Å². The zero-order valence-corrected chi connectivity index (χ0v) is 19.7. The first-order valence-corrected chi connectivity index (χ1v) is 11.8. The van der Waals surface area contributed by atoms with Crippen LogP contribution in [0.15, 0.2) is 47.8 Å². The number of fused-ring (bicyclic) bond motifs is 1. The Labute approximate surface area is 204 Å². The van der Waals surface area contributed by atoms with Crippen molar-refractivity contribution in [2.24, 2.45) is 0 Å². The molecule has 1 aromatic heterocycles. The zero-order valence-electron chi connectivity index (χ0n) is 18.9. The number of ether oxygens (including phenoxy) is 1. The number of rotatable bonds is 10. The molecule has 35 heavy (non-hydrogen) atoms. The van der Waals surface area contributed by atoms with E-state index in [0.717, 1.165) is 21.9 Å². The van der Waals surface area contributed by atoms with Gasteiger partial charge in [-0.05, 0) is 31.0 Å². The van der Waals surface area contributed by atoms with Crippen LogP contribution in [0.1, 0.15) is 46.4 Å². The van der Waals surface area contributed by atoms with Crippen LogP contribution in [0.25, 0.3) is 11.3 Å². The van der Waals surface area contributed by atoms with E-state index in [9.17, 15) is 24.5 Å². The van der Waals surface area contributed by atoms with Crippen LogP contribution in [-0.2, 0) is 4.79 Å². The molecule has 1 aliphatic rings. The molecule has 4 rings (SSSR count). The Morgan fingerprint density at radius 1 is 1.14 bits per heavy atom. The quantitative estimate of drug-likeness (QED) is 0.190. The molecule has 3 aromatic rings. The number of methoxy groups -OCH3 is 1. The third-order valence-electron chi connectivity index (χ3n) is 5.58. The first-order chi connectivity index (χ1) is 16.9. The highest BCUT2D eigenvalue weighted by atomic mass is 32.1. The average molecular weight is 495 g/mol. The standard InChI is InChI=1S/C24H22N4O6S/c1-34-16-8-5-7-15(13-16)18-14-35-24(25-18)26-20(29)11-3-2-4-12-27-22(30)17-9-6-10-19(28(32)33)21(17)23(27)31/h5-10,13-14H,2-4,11-12H2,1H3,(H,25,26,29). The Morgan fingerprint density at radius 3 is 2.71 bits per heavy atom. The number of carbonyl (C=O) groups is 3. The van der Waals surface area contributed by atoms with Crippen molar-refractivity contribution in [3.8, 4) is 17.0 Å². The number of thiazole rings is 1. The van der Waals surface area contributed by atoms with Gasteiger partial charge in [0.1, 0.15) is 11.3 Å². The number of unbranched alkanes of at least 4 members (excludes halogenated alkanes) is 2. The van der Waals surface area contributed by atoms with Crippen molar-refractivity contribution < 1.29 is 24.0 Å². The number of carbonyl (C=O) groups excluding carboxylic acids is 3. The molecule has 0 atom stereocenters. The number of hydrogen-bond donors (Lipinski definition) is 1. The molecule has 0 bridgehead atoms. The second kappa shape index (κ2) is 10.4. The van der Waals surface area contributed by atoms with Gasteiger partial charge in [-0.3, -0.25) is 29.4 Å². The van der Waals surface area contributed by atoms with E-state index in [1.165, 1.54) is 29.5 Å². The van der Waals surface area contributed by atoms with Crippen molar-refractivity contribution in [1.29, 1.82) is 0 Å². The number of nitro benzene ring substituents is 1. The van der Waals surface area contributed by atoms with Crippen LogP contribution in [0.3, 0.4) is 0 Å². The zero-order chi connectivity index (χ0) is 24.9. The lowest BCUT2D eigenvalue weighted by molar-refractivity contribution is -0.385. The van der Waals surface area contributed by atoms with E-state index in [0.29, 0.717) is 24.4 Å². The smallest absolute Gasteiger partial charge is 0.282 e. The monoisotopic (exact) mass is 494 g/mol. The number of aromatic nitrogens is 1. The van der Waals surface area contributed by atoms with Gasteiger partial charge in [0.05, 0.1) is 23.3 Å². The highest BCUT2D eigenvalue weighted by molar-refractivity contribution is 7.14. The van der Waals surface area contributed by atoms with Crippen molar-refractivity contribution in [2.75, 3.05) is 19.0 Å². The summed E-state index contributed by atoms with van der Waals surface area (Å²) in [5.41, 5.74) is 1.17. The summed E-state index contributed by atoms with van der Waals surface area (Å²) in [6.07, 6.45) is 1.92. The maximum absolute atomic E-state index is 12.6. The molecule has 1 N–H and O–H groups in total. The summed E-state index contributed by atoms with van der Waals surface area (Å²) in [4.78, 5) is 53.4. The highest BCUT2D eigenvalue weighted by Crippen LogP contribution is 2.31. The molecule has 0 radical (unpaired) electrons. The molecular formula is C24H22N4O6S. The number of nitrogens with one attached hydrogen (secondary N) is 1. The van der Waals surface area contributed by atoms with E-state index in [1.807, 2.05) is 29.6 Å². The lowest BCUT2D eigenvalue weighted by Gasteiger charge is -2.13. The summed E-state index contributed by atoms with van der Waals surface area (Å²) in [6, 6.07) is 11.5. The van der Waals surface area contributed by atoms with E-state index < -0.39 is 16.7 Å². The fraction of sp³-hybridized carbons (Fsp3) is 0.250. The van der Waals surface area contributed by atoms with Crippen LogP contribution < -0.4 is 10.1 Å². The first kappa shape index (κ1) is 24.0. The minimum Gasteiger partial charge on any atom is -0.497 e. The second-order valence-electron chi connectivity index (χ2n) is 7.85. The minimum atomic E-state index is -0.659. The molecule has 180 valence electrons. The largest absolute Gasteiger partial charge is 0.497 e. The maximum atomic E-state index is 12.6. The van der Waals surface area contributed by atoms with Gasteiger partial charge in [-0.15, -0.1) is 11.3 Å². The molecule has 1 aliphatic heterocycles. The summed E-state index contributed by atoms with van der Waals surface area (Å²) in [5, 5.41) is 16.3. The Bertz CT molecular complexity index is 1300. The molecule has 0 saturated heterocycles. The van der Waals surface area contributed by atoms with Gasteiger partial charge in [0, 0.05) is 30.0 Å². The third-order valence-corrected chi connectivity index (χ3v) is 6.33. The number of anilines is 1. The molecule has 11 heteroatoms. The lowest BCUT2D eigenvalue weighted by atomic mass is 10.1. The van der Waals surface area contributed by atoms with Gasteiger partial charge in [0.2, 0.25) is 5.91 Å². The van der Waals surface area contributed by atoms with Crippen molar-refractivity contribution in [1.82, 2.24) is 9.88 Å². The first-order valence-electron chi connectivity index (χ1n) is 10.9. The average Bonchev–Trinajstić information content (AvgIpc) is 3.42. The van der Waals surface area contributed by atoms with Crippen molar-refractivity contribution in [2.45, 2.75) is 25.7 Å². The normalized spacial score (nSPS) is 12.5. The molecule has 0 saturated carbocycles. The molecule has 0 aliphatic carbocycles. The predicted octanol–water partition coefficient (Wildman–Crippen LogP) is 4.52. The van der Waals surface area contributed by atoms with Gasteiger partial charge >= 0.3 is 0 Å². The van der Waals surface area contributed by atoms with Gasteiger partial charge in [-0.25, -0.2) is 4.98 Å². The molecule has 10 nitrogen and oxygen atoms in total. The molecular weight excluding hydrogens is 472 g/mol. The Morgan fingerprint density at radius 2 is 1.94 bits per heavy atom. The van der Waals surface area contributed by atoms with Crippen LogP contribution in [0.5, 0.6) is 5.75 Å². The maximum Gasteiger partial charge on any atom is 0.282 e. The number of hydrogen-bond acceptors (Lipinski definition) is 8. The van der Waals surface area contributed by atoms with E-state index >= 15 is 0 Å². The fourth-order valence-corrected chi connectivity index (χ4v) is 4.57. The van der Waals surface area contributed by atoms with Gasteiger partial charge in [0.25, 0.3) is 17.5 Å². The molecule has 0 fully saturated rings. The third kappa shape index (κ3) is 5.19. The van der Waals surface area contributed by atoms with E-state index in [4.69, 9.17) is 4.74 Å². The molecule has 2 aromatic carbocycles. The molecule has 3 amide bonds. The summed E-state index contributed by atoms with van der Waals surface area (Å²) >= 11 is 1.33. The van der Waals surface area contributed by atoms with E-state index in [2.05, 4.69) is 10.3 Å². The summed E-state index contributed by atoms with van der Waals surface area (Å²) < 4.78 is 5.23. The number of imide groups is 1. The van der Waals surface area contributed by atoms with Crippen LogP contribution in [-0.4, -0.2) is 46.2 Å². The van der Waals surface area contributed by atoms with E-state index in [1.54, 1.807) is 7.11 Å². The Hall–Kier alpha value is -4.12. The lowest BCUT2D eigenvalue weighted by Crippen LogP contribution is -2.30. The molecule has 2 heterocycles. The fourth-order valence-electron chi connectivity index (χ4n) is 3.83. The van der Waals surface area contributed by atoms with Gasteiger partial charge in [-0.1, -0.05) is 24.6 Å². The van der Waals surface area contributed by atoms with Crippen LogP contribution in [0.2, 0.25) is 0 Å². The van der Waals surface area contributed by atoms with Crippen molar-refractivity contribution in [3.63, 3.8) is 0 Å². The SMILES string of the molecule is COc1cccc(-c2csc(NC(=O)CCCCCN3C(=O)c4cccc([N+](=O)[O-])c4C3=O)n2)c1. The summed E-state index contributed by atoms with van der Waals surface area (Å²) in [5.74, 6) is -0.624. The topological polar surface area (TPSA) is 132 Å². The Kier molecular flexibility index (Phi) is 7.16. The van der Waals surface area contributed by atoms with Gasteiger partial charge in [0.15, 0.2) is 5.13 Å². The minimum absolute atomic E-state index is 0.0559. The van der Waals surface area contributed by atoms with Crippen LogP contribution >= 0.6 is 11.3 Å². The number of amides is 3. The van der Waals surface area contributed by atoms with Crippen LogP contribution in [0, 0.1) is 10.1 Å². The molecule has 0 unspecified atom stereocenters. The van der Waals surface area contributed by atoms with Crippen molar-refractivity contribution in [3.05, 3.63) is 69.1 Å². The number of nitrogens with zero attached hydrogens (tertiary/aromatic N) is 3. The second-order valence-corrected chi connectivity index (χ2v) is 8.71. The van der Waals surface area contributed by atoms with E-state index in [-0.39, 0.29) is 35.7 Å². The van der Waals surface area contributed by atoms with Gasteiger partial charge < -0.3 is 10.1 Å². The summed E-state index contributed by atoms with van der Waals surface area (Å²) in [6.45, 7) is 0.140. The molecule has 0 spiro atoms. The van der Waals surface area contributed by atoms with Crippen molar-refractivity contribution >= 4 is 39.9 Å². The Balaban J connectivity index is 1.23. The number of nitro groups is 1. The highest BCUT2D eigenvalue weighted by Gasteiger charge is 2.40. The summed E-state index contributed by atoms with van der Waals surface area (Å²) in [7, 11) is 1.59. The van der Waals surface area contributed by atoms with Gasteiger partial charge in [-0.2, -0.15) is 0 Å². The number of benzene rings is 2. The predicted molar refractivity (Wildman–Crippen MR) is 130 cm³/mol.